The van der Waals surface area contributed by atoms with Crippen molar-refractivity contribution in [1.82, 2.24) is 5.43 Å². The number of carbonyl (C=O) groups is 1. The third-order valence-corrected chi connectivity index (χ3v) is 4.40. The van der Waals surface area contributed by atoms with Crippen LogP contribution in [-0.4, -0.2) is 24.2 Å². The Labute approximate surface area is 179 Å². The summed E-state index contributed by atoms with van der Waals surface area (Å²) in [5.41, 5.74) is 4.86. The third-order valence-electron chi connectivity index (χ3n) is 4.40. The highest BCUT2D eigenvalue weighted by atomic mass is 16.6. The van der Waals surface area contributed by atoms with Gasteiger partial charge in [0.1, 0.15) is 12.4 Å². The van der Waals surface area contributed by atoms with Crippen LogP contribution in [0.25, 0.3) is 0 Å². The molecule has 3 aromatic carbocycles. The molecule has 0 aromatic heterocycles. The average Bonchev–Trinajstić information content (AvgIpc) is 2.80. The lowest BCUT2D eigenvalue weighted by atomic mass is 10.1. The van der Waals surface area contributed by atoms with E-state index < -0.39 is 11.0 Å². The van der Waals surface area contributed by atoms with Crippen molar-refractivity contribution in [3.8, 4) is 5.75 Å². The third kappa shape index (κ3) is 6.22. The number of hydrazone groups is 1. The van der Waals surface area contributed by atoms with Crippen molar-refractivity contribution >= 4 is 17.8 Å². The average molecular weight is 419 g/mol. The van der Waals surface area contributed by atoms with Gasteiger partial charge in [-0.1, -0.05) is 30.3 Å². The smallest absolute Gasteiger partial charge is 0.273 e. The summed E-state index contributed by atoms with van der Waals surface area (Å²) >= 11 is 0. The molecule has 0 spiro atoms. The van der Waals surface area contributed by atoms with Gasteiger partial charge in [-0.25, -0.2) is 5.43 Å². The predicted molar refractivity (Wildman–Crippen MR) is 116 cm³/mol. The first-order chi connectivity index (χ1) is 15.1. The fourth-order valence-corrected chi connectivity index (χ4v) is 2.78. The molecule has 0 saturated carbocycles. The number of nitrogens with zero attached hydrogens (tertiary/aromatic N) is 2. The fourth-order valence-electron chi connectivity index (χ4n) is 2.78. The van der Waals surface area contributed by atoms with Gasteiger partial charge in [-0.2, -0.15) is 5.10 Å². The maximum Gasteiger partial charge on any atom is 0.273 e. The summed E-state index contributed by atoms with van der Waals surface area (Å²) in [6.45, 7) is 0.291. The van der Waals surface area contributed by atoms with Crippen molar-refractivity contribution < 1.29 is 19.2 Å². The van der Waals surface area contributed by atoms with Crippen molar-refractivity contribution in [2.24, 2.45) is 5.10 Å². The monoisotopic (exact) mass is 419 g/mol. The number of rotatable bonds is 9. The number of hydrogen-bond acceptors (Lipinski definition) is 6. The summed E-state index contributed by atoms with van der Waals surface area (Å²) in [7, 11) is 1.47. The first-order valence-electron chi connectivity index (χ1n) is 9.43. The highest BCUT2D eigenvalue weighted by Crippen LogP contribution is 2.17. The Bertz CT molecular complexity index is 1040. The van der Waals surface area contributed by atoms with E-state index in [1.165, 1.54) is 25.5 Å². The van der Waals surface area contributed by atoms with Crippen molar-refractivity contribution in [1.29, 1.82) is 0 Å². The van der Waals surface area contributed by atoms with Crippen LogP contribution < -0.4 is 10.2 Å². The van der Waals surface area contributed by atoms with E-state index in [4.69, 9.17) is 9.47 Å². The number of nitro groups is 1. The minimum Gasteiger partial charge on any atom is -0.489 e. The quantitative estimate of drug-likeness (QED) is 0.321. The zero-order valence-electron chi connectivity index (χ0n) is 16.8. The number of benzene rings is 3. The molecule has 0 bridgehead atoms. The highest BCUT2D eigenvalue weighted by molar-refractivity contribution is 5.85. The van der Waals surface area contributed by atoms with Crippen LogP contribution in [0, 0.1) is 10.1 Å². The van der Waals surface area contributed by atoms with Gasteiger partial charge in [0.05, 0.1) is 11.1 Å². The summed E-state index contributed by atoms with van der Waals surface area (Å²) in [5, 5.41) is 14.7. The van der Waals surface area contributed by atoms with E-state index in [9.17, 15) is 14.9 Å². The molecule has 0 unspecified atom stereocenters. The van der Waals surface area contributed by atoms with E-state index in [-0.39, 0.29) is 11.6 Å². The molecular formula is C23H21N3O5. The van der Waals surface area contributed by atoms with Gasteiger partial charge in [-0.05, 0) is 53.1 Å². The van der Waals surface area contributed by atoms with Crippen molar-refractivity contribution in [2.45, 2.75) is 12.7 Å². The first-order valence-corrected chi connectivity index (χ1v) is 9.43. The summed E-state index contributed by atoms with van der Waals surface area (Å²) in [4.78, 5) is 22.5. The Kier molecular flexibility index (Phi) is 7.45. The molecule has 0 radical (unpaired) electrons. The van der Waals surface area contributed by atoms with Crippen LogP contribution in [-0.2, 0) is 16.1 Å². The second kappa shape index (κ2) is 10.7. The normalized spacial score (nSPS) is 11.8. The molecule has 0 aliphatic heterocycles. The maximum atomic E-state index is 12.3. The van der Waals surface area contributed by atoms with Crippen LogP contribution in [0.3, 0.4) is 0 Å². The molecule has 0 aliphatic carbocycles. The van der Waals surface area contributed by atoms with E-state index >= 15 is 0 Å². The van der Waals surface area contributed by atoms with E-state index in [1.807, 2.05) is 30.3 Å². The number of carbonyl (C=O) groups excluding carboxylic acids is 1. The molecule has 0 aliphatic rings. The summed E-state index contributed by atoms with van der Waals surface area (Å²) in [5.74, 6) is 0.274. The van der Waals surface area contributed by atoms with Crippen LogP contribution in [0.5, 0.6) is 5.75 Å². The number of hydrogen-bond donors (Lipinski definition) is 1. The van der Waals surface area contributed by atoms with Gasteiger partial charge in [0, 0.05) is 19.2 Å². The summed E-state index contributed by atoms with van der Waals surface area (Å²) in [6.07, 6.45) is 0.781. The van der Waals surface area contributed by atoms with Crippen LogP contribution in [0.1, 0.15) is 22.8 Å². The van der Waals surface area contributed by atoms with Crippen LogP contribution in [0.4, 0.5) is 5.69 Å². The van der Waals surface area contributed by atoms with Crippen LogP contribution in [0.2, 0.25) is 0 Å². The number of methoxy groups -OCH3 is 1. The number of nitro benzene ring substituents is 1. The SMILES string of the molecule is CO[C@H](C(=O)N/N=C\c1ccc(OCc2ccc([N+](=O)[O-])cc2)cc1)c1ccccc1. The van der Waals surface area contributed by atoms with Gasteiger partial charge >= 0.3 is 0 Å². The Morgan fingerprint density at radius 3 is 2.35 bits per heavy atom. The molecule has 0 fully saturated rings. The molecule has 1 N–H and O–H groups in total. The van der Waals surface area contributed by atoms with Gasteiger partial charge < -0.3 is 9.47 Å². The lowest BCUT2D eigenvalue weighted by molar-refractivity contribution is -0.384. The van der Waals surface area contributed by atoms with Gasteiger partial charge in [0.2, 0.25) is 0 Å². The molecule has 31 heavy (non-hydrogen) atoms. The molecular weight excluding hydrogens is 398 g/mol. The largest absolute Gasteiger partial charge is 0.489 e. The molecule has 3 aromatic rings. The number of amides is 1. The zero-order valence-corrected chi connectivity index (χ0v) is 16.8. The molecule has 8 nitrogen and oxygen atoms in total. The Morgan fingerprint density at radius 2 is 1.74 bits per heavy atom. The molecule has 3 rings (SSSR count). The van der Waals surface area contributed by atoms with Crippen LogP contribution >= 0.6 is 0 Å². The van der Waals surface area contributed by atoms with Crippen molar-refractivity contribution in [3.05, 3.63) is 106 Å². The fraction of sp³-hybridized carbons (Fsp3) is 0.130. The Hall–Kier alpha value is -4.04. The highest BCUT2D eigenvalue weighted by Gasteiger charge is 2.19. The lowest BCUT2D eigenvalue weighted by Crippen LogP contribution is -2.26. The number of nitrogens with one attached hydrogen (secondary N) is 1. The summed E-state index contributed by atoms with van der Waals surface area (Å²) < 4.78 is 10.9. The van der Waals surface area contributed by atoms with Gasteiger partial charge in [-0.15, -0.1) is 0 Å². The molecule has 8 heteroatoms. The molecule has 0 saturated heterocycles. The maximum absolute atomic E-state index is 12.3. The zero-order chi connectivity index (χ0) is 22.1. The van der Waals surface area contributed by atoms with E-state index in [0.717, 1.165) is 16.7 Å². The Morgan fingerprint density at radius 1 is 1.06 bits per heavy atom. The number of ether oxygens (including phenoxy) is 2. The van der Waals surface area contributed by atoms with E-state index in [0.29, 0.717) is 12.4 Å². The van der Waals surface area contributed by atoms with Crippen LogP contribution in [0.15, 0.2) is 84.0 Å². The molecule has 1 atom stereocenters. The summed E-state index contributed by atoms with van der Waals surface area (Å²) in [6, 6.07) is 22.5. The molecule has 1 amide bonds. The minimum atomic E-state index is -0.742. The van der Waals surface area contributed by atoms with Crippen molar-refractivity contribution in [2.75, 3.05) is 7.11 Å². The van der Waals surface area contributed by atoms with Gasteiger partial charge in [-0.3, -0.25) is 14.9 Å². The number of non-ortho nitro benzene ring substituents is 1. The Balaban J connectivity index is 1.51. The second-order valence-corrected chi connectivity index (χ2v) is 6.54. The topological polar surface area (TPSA) is 103 Å². The minimum absolute atomic E-state index is 0.0417. The lowest BCUT2D eigenvalue weighted by Gasteiger charge is -2.13. The van der Waals surface area contributed by atoms with Crippen molar-refractivity contribution in [3.63, 3.8) is 0 Å². The standard InChI is InChI=1S/C23H21N3O5/c1-30-22(19-5-3-2-4-6-19)23(27)25-24-15-17-9-13-21(14-10-17)31-16-18-7-11-20(12-8-18)26(28)29/h2-15,22H,16H2,1H3,(H,25,27)/b24-15-/t22-/m0/s1. The van der Waals surface area contributed by atoms with Gasteiger partial charge in [0.15, 0.2) is 6.10 Å². The second-order valence-electron chi connectivity index (χ2n) is 6.54. The molecule has 158 valence electrons. The van der Waals surface area contributed by atoms with E-state index in [2.05, 4.69) is 10.5 Å². The molecule has 0 heterocycles. The predicted octanol–water partition coefficient (Wildman–Crippen LogP) is 4.01. The van der Waals surface area contributed by atoms with Gasteiger partial charge in [0.25, 0.3) is 11.6 Å². The first kappa shape index (κ1) is 21.7. The van der Waals surface area contributed by atoms with E-state index in [1.54, 1.807) is 36.4 Å².